The topological polar surface area (TPSA) is 92.8 Å². The highest BCUT2D eigenvalue weighted by Gasteiger charge is 2.25. The zero-order valence-corrected chi connectivity index (χ0v) is 18.2. The van der Waals surface area contributed by atoms with Crippen molar-refractivity contribution in [3.05, 3.63) is 58.9 Å². The van der Waals surface area contributed by atoms with Crippen molar-refractivity contribution in [3.63, 3.8) is 0 Å². The lowest BCUT2D eigenvalue weighted by molar-refractivity contribution is -0.119. The number of hydrogen-bond acceptors (Lipinski definition) is 5. The average molecular weight is 469 g/mol. The number of carbonyl (C=O) groups is 2. The Hall–Kier alpha value is -2.49. The minimum atomic E-state index is -3.62. The summed E-state index contributed by atoms with van der Waals surface area (Å²) in [5.41, 5.74) is 0.00816. The van der Waals surface area contributed by atoms with Gasteiger partial charge in [-0.3, -0.25) is 4.79 Å². The van der Waals surface area contributed by atoms with E-state index in [0.717, 1.165) is 31.7 Å². The number of hydrogen-bond donors (Lipinski definition) is 1. The molecule has 0 unspecified atom stereocenters. The van der Waals surface area contributed by atoms with Crippen LogP contribution in [0.3, 0.4) is 0 Å². The zero-order chi connectivity index (χ0) is 22.4. The maximum absolute atomic E-state index is 13.7. The summed E-state index contributed by atoms with van der Waals surface area (Å²) in [6, 6.07) is 9.12. The number of rotatable bonds is 6. The Kier molecular flexibility index (Phi) is 7.64. The molecule has 2 aromatic carbocycles. The molecule has 3 rings (SSSR count). The van der Waals surface area contributed by atoms with Crippen molar-refractivity contribution < 1.29 is 27.1 Å². The van der Waals surface area contributed by atoms with Gasteiger partial charge >= 0.3 is 5.97 Å². The third-order valence-electron chi connectivity index (χ3n) is 4.83. The van der Waals surface area contributed by atoms with Gasteiger partial charge in [0.25, 0.3) is 5.91 Å². The first-order valence-corrected chi connectivity index (χ1v) is 11.6. The summed E-state index contributed by atoms with van der Waals surface area (Å²) in [6.45, 7) is 0.333. The first-order valence-electron chi connectivity index (χ1n) is 9.79. The van der Waals surface area contributed by atoms with E-state index >= 15 is 0 Å². The van der Waals surface area contributed by atoms with Crippen molar-refractivity contribution in [3.8, 4) is 0 Å². The normalized spacial score (nSPS) is 15.2. The molecular formula is C21H22ClFN2O5S. The Morgan fingerprint density at radius 1 is 1.03 bits per heavy atom. The summed E-state index contributed by atoms with van der Waals surface area (Å²) in [5.74, 6) is -2.24. The Morgan fingerprint density at radius 2 is 1.68 bits per heavy atom. The summed E-state index contributed by atoms with van der Waals surface area (Å²) in [7, 11) is -3.62. The number of nitrogens with one attached hydrogen (secondary N) is 1. The molecule has 0 saturated carbocycles. The van der Waals surface area contributed by atoms with Crippen molar-refractivity contribution in [2.45, 2.75) is 30.6 Å². The number of benzene rings is 2. The van der Waals surface area contributed by atoms with Gasteiger partial charge in [-0.05, 0) is 55.3 Å². The quantitative estimate of drug-likeness (QED) is 0.650. The van der Waals surface area contributed by atoms with Gasteiger partial charge in [0.05, 0.1) is 16.1 Å². The second-order valence-electron chi connectivity index (χ2n) is 7.09. The number of sulfonamides is 1. The molecular weight excluding hydrogens is 447 g/mol. The fraction of sp³-hybridized carbons (Fsp3) is 0.333. The van der Waals surface area contributed by atoms with Crippen LogP contribution in [0, 0.1) is 5.82 Å². The molecule has 0 bridgehead atoms. The standard InChI is InChI=1S/C21H22ClFN2O5S/c22-16-7-10-19(18(23)13-16)24-20(26)14-30-21(27)15-5-8-17(9-6-15)31(28,29)25-11-3-1-2-4-12-25/h5-10,13H,1-4,11-12,14H2,(H,24,26). The molecule has 0 atom stereocenters. The van der Waals surface area contributed by atoms with Gasteiger partial charge in [-0.1, -0.05) is 24.4 Å². The molecule has 1 aliphatic heterocycles. The summed E-state index contributed by atoms with van der Waals surface area (Å²) in [6.07, 6.45) is 3.67. The molecule has 166 valence electrons. The Bertz CT molecular complexity index is 1050. The lowest BCUT2D eigenvalue weighted by atomic mass is 10.2. The van der Waals surface area contributed by atoms with Crippen LogP contribution in [0.4, 0.5) is 10.1 Å². The van der Waals surface area contributed by atoms with Crippen LogP contribution in [0.5, 0.6) is 0 Å². The highest BCUT2D eigenvalue weighted by atomic mass is 35.5. The molecule has 1 amide bonds. The lowest BCUT2D eigenvalue weighted by Crippen LogP contribution is -2.31. The molecule has 1 saturated heterocycles. The van der Waals surface area contributed by atoms with Crippen LogP contribution in [0.25, 0.3) is 0 Å². The molecule has 1 heterocycles. The largest absolute Gasteiger partial charge is 0.452 e. The number of esters is 1. The van der Waals surface area contributed by atoms with E-state index in [0.29, 0.717) is 13.1 Å². The van der Waals surface area contributed by atoms with E-state index in [2.05, 4.69) is 5.32 Å². The molecule has 7 nitrogen and oxygen atoms in total. The molecule has 31 heavy (non-hydrogen) atoms. The van der Waals surface area contributed by atoms with Crippen LogP contribution >= 0.6 is 11.6 Å². The van der Waals surface area contributed by atoms with Crippen LogP contribution in [0.1, 0.15) is 36.0 Å². The van der Waals surface area contributed by atoms with Gasteiger partial charge in [-0.15, -0.1) is 0 Å². The predicted molar refractivity (Wildman–Crippen MR) is 114 cm³/mol. The van der Waals surface area contributed by atoms with Crippen LogP contribution in [-0.2, 0) is 19.6 Å². The summed E-state index contributed by atoms with van der Waals surface area (Å²) < 4.78 is 45.6. The van der Waals surface area contributed by atoms with Crippen LogP contribution in [0.15, 0.2) is 47.4 Å². The SMILES string of the molecule is O=C(COC(=O)c1ccc(S(=O)(=O)N2CCCCCC2)cc1)Nc1ccc(Cl)cc1F. The number of anilines is 1. The molecule has 0 aliphatic carbocycles. The predicted octanol–water partition coefficient (Wildman–Crippen LogP) is 3.84. The zero-order valence-electron chi connectivity index (χ0n) is 16.6. The molecule has 0 radical (unpaired) electrons. The molecule has 1 N–H and O–H groups in total. The Morgan fingerprint density at radius 3 is 2.29 bits per heavy atom. The molecule has 2 aromatic rings. The maximum Gasteiger partial charge on any atom is 0.338 e. The molecule has 0 aromatic heterocycles. The molecule has 0 spiro atoms. The number of amides is 1. The Balaban J connectivity index is 1.58. The van der Waals surface area contributed by atoms with E-state index < -0.39 is 34.3 Å². The van der Waals surface area contributed by atoms with Gasteiger partial charge < -0.3 is 10.1 Å². The third kappa shape index (κ3) is 6.03. The van der Waals surface area contributed by atoms with E-state index in [9.17, 15) is 22.4 Å². The summed E-state index contributed by atoms with van der Waals surface area (Å²) >= 11 is 5.65. The smallest absolute Gasteiger partial charge is 0.338 e. The van der Waals surface area contributed by atoms with Crippen LogP contribution < -0.4 is 5.32 Å². The van der Waals surface area contributed by atoms with Crippen molar-refractivity contribution >= 4 is 39.2 Å². The first-order chi connectivity index (χ1) is 14.8. The minimum absolute atomic E-state index is 0.0893. The summed E-state index contributed by atoms with van der Waals surface area (Å²) in [5, 5.41) is 2.46. The van der Waals surface area contributed by atoms with Gasteiger partial charge in [0.2, 0.25) is 10.0 Å². The van der Waals surface area contributed by atoms with Gasteiger partial charge in [0.15, 0.2) is 6.61 Å². The van der Waals surface area contributed by atoms with Crippen molar-refractivity contribution in [1.82, 2.24) is 4.31 Å². The van der Waals surface area contributed by atoms with Crippen molar-refractivity contribution in [2.24, 2.45) is 0 Å². The van der Waals surface area contributed by atoms with Gasteiger partial charge in [-0.2, -0.15) is 4.31 Å². The fourth-order valence-corrected chi connectivity index (χ4v) is 4.86. The highest BCUT2D eigenvalue weighted by molar-refractivity contribution is 7.89. The van der Waals surface area contributed by atoms with Gasteiger partial charge in [0.1, 0.15) is 5.82 Å². The fourth-order valence-electron chi connectivity index (χ4n) is 3.19. The van der Waals surface area contributed by atoms with E-state index in [4.69, 9.17) is 16.3 Å². The highest BCUT2D eigenvalue weighted by Crippen LogP contribution is 2.21. The number of halogens is 2. The average Bonchev–Trinajstić information content (AvgIpc) is 3.04. The lowest BCUT2D eigenvalue weighted by Gasteiger charge is -2.19. The monoisotopic (exact) mass is 468 g/mol. The number of ether oxygens (including phenoxy) is 1. The van der Waals surface area contributed by atoms with Gasteiger partial charge in [-0.25, -0.2) is 17.6 Å². The van der Waals surface area contributed by atoms with Crippen LogP contribution in [0.2, 0.25) is 5.02 Å². The Labute approximate surface area is 185 Å². The second-order valence-corrected chi connectivity index (χ2v) is 9.47. The maximum atomic E-state index is 13.7. The van der Waals surface area contributed by atoms with Gasteiger partial charge in [0, 0.05) is 18.1 Å². The van der Waals surface area contributed by atoms with E-state index in [1.54, 1.807) is 0 Å². The molecule has 10 heteroatoms. The molecule has 1 aliphatic rings. The van der Waals surface area contributed by atoms with E-state index in [1.807, 2.05) is 0 Å². The number of nitrogens with zero attached hydrogens (tertiary/aromatic N) is 1. The minimum Gasteiger partial charge on any atom is -0.452 e. The number of carbonyl (C=O) groups excluding carboxylic acids is 2. The van der Waals surface area contributed by atoms with Crippen molar-refractivity contribution in [2.75, 3.05) is 25.0 Å². The van der Waals surface area contributed by atoms with Crippen molar-refractivity contribution in [1.29, 1.82) is 0 Å². The first kappa shape index (κ1) is 23.2. The summed E-state index contributed by atoms with van der Waals surface area (Å²) in [4.78, 5) is 24.2. The van der Waals surface area contributed by atoms with Crippen LogP contribution in [-0.4, -0.2) is 44.3 Å². The van der Waals surface area contributed by atoms with E-state index in [1.165, 1.54) is 40.7 Å². The molecule has 1 fully saturated rings. The second kappa shape index (κ2) is 10.2. The third-order valence-corrected chi connectivity index (χ3v) is 6.98. The van der Waals surface area contributed by atoms with E-state index in [-0.39, 0.29) is 21.2 Å².